The number of hydrogen-bond donors (Lipinski definition) is 2. The zero-order valence-corrected chi connectivity index (χ0v) is 13.7. The van der Waals surface area contributed by atoms with E-state index in [0.29, 0.717) is 29.8 Å². The summed E-state index contributed by atoms with van der Waals surface area (Å²) in [4.78, 5) is 14.8. The van der Waals surface area contributed by atoms with Crippen molar-refractivity contribution < 1.29 is 4.79 Å². The number of hydrogen-bond acceptors (Lipinski definition) is 3. The second-order valence-corrected chi connectivity index (χ2v) is 6.44. The summed E-state index contributed by atoms with van der Waals surface area (Å²) in [5.74, 6) is 1.05. The summed E-state index contributed by atoms with van der Waals surface area (Å²) >= 11 is 4.92. The van der Waals surface area contributed by atoms with E-state index in [-0.39, 0.29) is 11.9 Å². The fourth-order valence-electron chi connectivity index (χ4n) is 1.78. The molecule has 112 valence electrons. The van der Waals surface area contributed by atoms with E-state index in [1.165, 1.54) is 0 Å². The lowest BCUT2D eigenvalue weighted by molar-refractivity contribution is -0.126. The van der Waals surface area contributed by atoms with Crippen molar-refractivity contribution in [3.05, 3.63) is 0 Å². The van der Waals surface area contributed by atoms with Gasteiger partial charge in [-0.3, -0.25) is 9.69 Å². The molecule has 0 aliphatic heterocycles. The van der Waals surface area contributed by atoms with Crippen LogP contribution in [0.5, 0.6) is 0 Å². The first-order valence-corrected chi connectivity index (χ1v) is 7.44. The summed E-state index contributed by atoms with van der Waals surface area (Å²) in [6, 6.07) is -0.143. The molecule has 0 spiro atoms. The highest BCUT2D eigenvalue weighted by Crippen LogP contribution is 2.06. The third-order valence-electron chi connectivity index (χ3n) is 2.86. The summed E-state index contributed by atoms with van der Waals surface area (Å²) in [5, 5.41) is 2.98. The van der Waals surface area contributed by atoms with Crippen molar-refractivity contribution in [2.75, 3.05) is 19.6 Å². The molecule has 1 atom stereocenters. The number of rotatable bonds is 9. The van der Waals surface area contributed by atoms with E-state index in [4.69, 9.17) is 18.0 Å². The highest BCUT2D eigenvalue weighted by atomic mass is 32.1. The van der Waals surface area contributed by atoms with Crippen LogP contribution in [0.3, 0.4) is 0 Å². The van der Waals surface area contributed by atoms with Crippen LogP contribution in [0, 0.1) is 11.8 Å². The Balaban J connectivity index is 4.46. The van der Waals surface area contributed by atoms with Gasteiger partial charge in [0.15, 0.2) is 0 Å². The van der Waals surface area contributed by atoms with Gasteiger partial charge in [-0.25, -0.2) is 0 Å². The van der Waals surface area contributed by atoms with Crippen molar-refractivity contribution in [1.29, 1.82) is 0 Å². The Morgan fingerprint density at radius 2 is 1.79 bits per heavy atom. The van der Waals surface area contributed by atoms with Crippen LogP contribution in [0.25, 0.3) is 0 Å². The third-order valence-corrected chi connectivity index (χ3v) is 3.06. The molecule has 0 fully saturated rings. The quantitative estimate of drug-likeness (QED) is 0.635. The molecule has 5 heteroatoms. The van der Waals surface area contributed by atoms with Crippen LogP contribution < -0.4 is 11.1 Å². The van der Waals surface area contributed by atoms with Gasteiger partial charge in [0.25, 0.3) is 0 Å². The monoisotopic (exact) mass is 287 g/mol. The van der Waals surface area contributed by atoms with Gasteiger partial charge in [-0.1, -0.05) is 39.9 Å². The van der Waals surface area contributed by atoms with E-state index in [2.05, 4.69) is 37.9 Å². The molecule has 0 aromatic rings. The maximum atomic E-state index is 12.1. The molecule has 0 bridgehead atoms. The Morgan fingerprint density at radius 3 is 2.21 bits per heavy atom. The molecule has 0 radical (unpaired) electrons. The van der Waals surface area contributed by atoms with Gasteiger partial charge in [0.2, 0.25) is 5.91 Å². The van der Waals surface area contributed by atoms with Crippen LogP contribution in [-0.2, 0) is 4.79 Å². The molecule has 19 heavy (non-hydrogen) atoms. The minimum atomic E-state index is -0.143. The summed E-state index contributed by atoms with van der Waals surface area (Å²) in [6.07, 6.45) is 0.657. The van der Waals surface area contributed by atoms with E-state index >= 15 is 0 Å². The molecule has 0 saturated carbocycles. The molecular weight excluding hydrogens is 258 g/mol. The number of nitrogens with zero attached hydrogens (tertiary/aromatic N) is 1. The Morgan fingerprint density at radius 1 is 1.21 bits per heavy atom. The van der Waals surface area contributed by atoms with Crippen molar-refractivity contribution in [2.45, 2.75) is 47.1 Å². The van der Waals surface area contributed by atoms with Gasteiger partial charge in [0, 0.05) is 26.1 Å². The Bertz CT molecular complexity index is 292. The molecule has 0 aliphatic carbocycles. The third kappa shape index (κ3) is 8.94. The standard InChI is InChI=1S/C14H29N3OS/c1-10(2)8-16-14(18)12(5)17(9-11(3)4)7-6-13(15)19/h10-12H,6-9H2,1-5H3,(H2,15,19)(H,16,18). The zero-order chi connectivity index (χ0) is 15.0. The summed E-state index contributed by atoms with van der Waals surface area (Å²) in [5.41, 5.74) is 5.55. The first-order chi connectivity index (χ1) is 8.73. The van der Waals surface area contributed by atoms with Crippen molar-refractivity contribution in [1.82, 2.24) is 10.2 Å². The Kier molecular flexibility index (Phi) is 8.93. The Labute approximate surface area is 123 Å². The molecule has 3 N–H and O–H groups in total. The number of amides is 1. The average molecular weight is 287 g/mol. The summed E-state index contributed by atoms with van der Waals surface area (Å²) < 4.78 is 0. The Hall–Kier alpha value is -0.680. The summed E-state index contributed by atoms with van der Waals surface area (Å²) in [7, 11) is 0. The number of carbonyl (C=O) groups excluding carboxylic acids is 1. The van der Waals surface area contributed by atoms with Crippen molar-refractivity contribution in [3.8, 4) is 0 Å². The van der Waals surface area contributed by atoms with E-state index in [1.807, 2.05) is 6.92 Å². The molecule has 1 amide bonds. The van der Waals surface area contributed by atoms with Crippen LogP contribution in [-0.4, -0.2) is 41.5 Å². The van der Waals surface area contributed by atoms with Crippen LogP contribution in [0.1, 0.15) is 41.0 Å². The van der Waals surface area contributed by atoms with Gasteiger partial charge in [-0.15, -0.1) is 0 Å². The van der Waals surface area contributed by atoms with Gasteiger partial charge in [-0.2, -0.15) is 0 Å². The van der Waals surface area contributed by atoms with Crippen LogP contribution in [0.15, 0.2) is 0 Å². The first kappa shape index (κ1) is 18.3. The number of nitrogens with two attached hydrogens (primary N) is 1. The largest absolute Gasteiger partial charge is 0.393 e. The van der Waals surface area contributed by atoms with E-state index < -0.39 is 0 Å². The smallest absolute Gasteiger partial charge is 0.237 e. The molecule has 0 aromatic carbocycles. The van der Waals surface area contributed by atoms with Crippen molar-refractivity contribution in [3.63, 3.8) is 0 Å². The normalized spacial score (nSPS) is 13.1. The molecule has 0 aliphatic rings. The fourth-order valence-corrected chi connectivity index (χ4v) is 1.88. The van der Waals surface area contributed by atoms with Crippen LogP contribution in [0.2, 0.25) is 0 Å². The fraction of sp³-hybridized carbons (Fsp3) is 0.857. The minimum Gasteiger partial charge on any atom is -0.393 e. The molecule has 0 rings (SSSR count). The SMILES string of the molecule is CC(C)CNC(=O)C(C)N(CCC(N)=S)CC(C)C. The second kappa shape index (κ2) is 9.26. The molecule has 1 unspecified atom stereocenters. The lowest BCUT2D eigenvalue weighted by Gasteiger charge is -2.29. The maximum Gasteiger partial charge on any atom is 0.237 e. The minimum absolute atomic E-state index is 0.0808. The van der Waals surface area contributed by atoms with Crippen LogP contribution >= 0.6 is 12.2 Å². The average Bonchev–Trinajstić information content (AvgIpc) is 2.29. The van der Waals surface area contributed by atoms with Crippen molar-refractivity contribution >= 4 is 23.1 Å². The second-order valence-electron chi connectivity index (χ2n) is 5.92. The first-order valence-electron chi connectivity index (χ1n) is 7.04. The predicted molar refractivity (Wildman–Crippen MR) is 85.1 cm³/mol. The van der Waals surface area contributed by atoms with E-state index in [9.17, 15) is 4.79 Å². The topological polar surface area (TPSA) is 58.4 Å². The van der Waals surface area contributed by atoms with Gasteiger partial charge in [-0.05, 0) is 18.8 Å². The highest BCUT2D eigenvalue weighted by molar-refractivity contribution is 7.80. The molecule has 4 nitrogen and oxygen atoms in total. The lowest BCUT2D eigenvalue weighted by Crippen LogP contribution is -2.48. The van der Waals surface area contributed by atoms with Gasteiger partial charge < -0.3 is 11.1 Å². The van der Waals surface area contributed by atoms with E-state index in [0.717, 1.165) is 13.1 Å². The molecular formula is C14H29N3OS. The lowest BCUT2D eigenvalue weighted by atomic mass is 10.1. The number of thiocarbonyl (C=S) groups is 1. The zero-order valence-electron chi connectivity index (χ0n) is 12.9. The van der Waals surface area contributed by atoms with Crippen molar-refractivity contribution in [2.24, 2.45) is 17.6 Å². The van der Waals surface area contributed by atoms with Gasteiger partial charge in [0.1, 0.15) is 0 Å². The molecule has 0 heterocycles. The molecule has 0 saturated heterocycles. The molecule has 0 aromatic heterocycles. The van der Waals surface area contributed by atoms with E-state index in [1.54, 1.807) is 0 Å². The van der Waals surface area contributed by atoms with Gasteiger partial charge in [0.05, 0.1) is 11.0 Å². The maximum absolute atomic E-state index is 12.1. The number of nitrogens with one attached hydrogen (secondary N) is 1. The summed E-state index contributed by atoms with van der Waals surface area (Å²) in [6.45, 7) is 12.7. The highest BCUT2D eigenvalue weighted by Gasteiger charge is 2.21. The predicted octanol–water partition coefficient (Wildman–Crippen LogP) is 1.78. The number of carbonyl (C=O) groups is 1. The van der Waals surface area contributed by atoms with Gasteiger partial charge >= 0.3 is 0 Å². The van der Waals surface area contributed by atoms with Crippen LogP contribution in [0.4, 0.5) is 0 Å².